The van der Waals surface area contributed by atoms with Gasteiger partial charge in [0.1, 0.15) is 18.2 Å². The van der Waals surface area contributed by atoms with Gasteiger partial charge in [0.25, 0.3) is 0 Å². The van der Waals surface area contributed by atoms with Crippen LogP contribution in [0.25, 0.3) is 0 Å². The Bertz CT molecular complexity index is 927. The number of alkyl halides is 1. The first-order valence-corrected chi connectivity index (χ1v) is 10.5. The zero-order valence-corrected chi connectivity index (χ0v) is 18.9. The molecule has 0 heterocycles. The average molecular weight is 528 g/mol. The third-order valence-corrected chi connectivity index (χ3v) is 5.06. The molecule has 1 N–H and O–H groups in total. The number of aliphatic carboxylic acids is 1. The molecule has 7 heteroatoms. The Kier molecular flexibility index (Phi) is 9.06. The van der Waals surface area contributed by atoms with E-state index in [4.69, 9.17) is 9.47 Å². The van der Waals surface area contributed by atoms with E-state index in [1.54, 1.807) is 32.1 Å². The summed E-state index contributed by atoms with van der Waals surface area (Å²) >= 11 is 2.12. The van der Waals surface area contributed by atoms with Gasteiger partial charge in [-0.05, 0) is 77.9 Å². The summed E-state index contributed by atoms with van der Waals surface area (Å²) < 4.78 is 39.4. The Morgan fingerprint density at radius 3 is 2.87 bits per heavy atom. The molecule has 4 nitrogen and oxygen atoms in total. The Hall–Kier alpha value is -2.18. The van der Waals surface area contributed by atoms with Crippen molar-refractivity contribution < 1.29 is 28.2 Å². The number of rotatable bonds is 8. The molecule has 30 heavy (non-hydrogen) atoms. The average Bonchev–Trinajstić information content (AvgIpc) is 2.67. The van der Waals surface area contributed by atoms with E-state index in [0.29, 0.717) is 17.9 Å². The number of hydrogen-bond acceptors (Lipinski definition) is 3. The topological polar surface area (TPSA) is 55.8 Å². The molecule has 1 aromatic carbocycles. The van der Waals surface area contributed by atoms with E-state index in [1.165, 1.54) is 18.2 Å². The summed E-state index contributed by atoms with van der Waals surface area (Å²) in [5.74, 6) is 4.29. The van der Waals surface area contributed by atoms with Crippen LogP contribution in [0.4, 0.5) is 8.78 Å². The molecule has 2 rings (SSSR count). The molecule has 1 aliphatic rings. The maximum atomic E-state index is 14.4. The normalized spacial score (nSPS) is 19.5. The van der Waals surface area contributed by atoms with Crippen LogP contribution in [0.2, 0.25) is 0 Å². The fourth-order valence-corrected chi connectivity index (χ4v) is 3.42. The van der Waals surface area contributed by atoms with E-state index in [0.717, 1.165) is 9.13 Å². The zero-order chi connectivity index (χ0) is 22.1. The SMILES string of the molecule is CCO[C@@H](Cc1ccc(OCC=C(C)C#CC2(F)C=CC=C(F)C2)c(I)c1)C(=O)O. The lowest BCUT2D eigenvalue weighted by Crippen LogP contribution is -2.26. The molecule has 0 aliphatic heterocycles. The van der Waals surface area contributed by atoms with Crippen molar-refractivity contribution >= 4 is 28.6 Å². The van der Waals surface area contributed by atoms with E-state index >= 15 is 0 Å². The number of carbonyl (C=O) groups is 1. The third-order valence-electron chi connectivity index (χ3n) is 4.22. The molecule has 0 radical (unpaired) electrons. The van der Waals surface area contributed by atoms with Gasteiger partial charge in [-0.3, -0.25) is 0 Å². The van der Waals surface area contributed by atoms with Crippen LogP contribution in [0.1, 0.15) is 25.8 Å². The Morgan fingerprint density at radius 2 is 2.23 bits per heavy atom. The van der Waals surface area contributed by atoms with Gasteiger partial charge in [0.15, 0.2) is 11.8 Å². The molecule has 1 aromatic rings. The van der Waals surface area contributed by atoms with Gasteiger partial charge in [-0.2, -0.15) is 0 Å². The summed E-state index contributed by atoms with van der Waals surface area (Å²) in [4.78, 5) is 11.2. The van der Waals surface area contributed by atoms with Crippen LogP contribution in [0.5, 0.6) is 5.75 Å². The second kappa shape index (κ2) is 11.3. The van der Waals surface area contributed by atoms with Crippen molar-refractivity contribution in [2.24, 2.45) is 0 Å². The molecule has 2 atom stereocenters. The van der Waals surface area contributed by atoms with E-state index in [2.05, 4.69) is 34.4 Å². The molecular weight excluding hydrogens is 505 g/mol. The number of benzene rings is 1. The summed E-state index contributed by atoms with van der Waals surface area (Å²) in [5.41, 5.74) is -0.543. The highest BCUT2D eigenvalue weighted by molar-refractivity contribution is 14.1. The van der Waals surface area contributed by atoms with Crippen molar-refractivity contribution in [3.05, 3.63) is 63.0 Å². The van der Waals surface area contributed by atoms with Crippen LogP contribution >= 0.6 is 22.6 Å². The molecule has 0 saturated carbocycles. The first kappa shape index (κ1) is 24.1. The Labute approximate surface area is 188 Å². The van der Waals surface area contributed by atoms with Gasteiger partial charge in [-0.1, -0.05) is 24.0 Å². The number of carboxylic acid groups (broad SMARTS) is 1. The second-order valence-electron chi connectivity index (χ2n) is 6.71. The highest BCUT2D eigenvalue weighted by Gasteiger charge is 2.27. The van der Waals surface area contributed by atoms with Crippen LogP contribution in [0.3, 0.4) is 0 Å². The van der Waals surface area contributed by atoms with E-state index < -0.39 is 23.6 Å². The van der Waals surface area contributed by atoms with E-state index in [9.17, 15) is 18.7 Å². The number of halogens is 3. The summed E-state index contributed by atoms with van der Waals surface area (Å²) in [6, 6.07) is 5.42. The van der Waals surface area contributed by atoms with Crippen molar-refractivity contribution in [2.45, 2.75) is 38.5 Å². The molecule has 0 bridgehead atoms. The highest BCUT2D eigenvalue weighted by atomic mass is 127. The summed E-state index contributed by atoms with van der Waals surface area (Å²) in [6.07, 6.45) is 4.52. The van der Waals surface area contributed by atoms with Gasteiger partial charge in [0.05, 0.1) is 3.57 Å². The van der Waals surface area contributed by atoms with Crippen molar-refractivity contribution in [1.82, 2.24) is 0 Å². The molecule has 1 aliphatic carbocycles. The largest absolute Gasteiger partial charge is 0.488 e. The summed E-state index contributed by atoms with van der Waals surface area (Å²) in [7, 11) is 0. The lowest BCUT2D eigenvalue weighted by atomic mass is 9.97. The monoisotopic (exact) mass is 528 g/mol. The van der Waals surface area contributed by atoms with Gasteiger partial charge in [0, 0.05) is 19.4 Å². The number of allylic oxidation sites excluding steroid dienone is 5. The molecule has 0 fully saturated rings. The standard InChI is InChI=1S/C23H23F2IO4/c1-3-29-21(22(27)28)14-17-6-7-20(19(26)13-17)30-12-9-16(2)8-11-23(25)10-4-5-18(24)15-23/h4-7,9-10,13,21H,3,12,14-15H2,1-2H3,(H,27,28)/t21-,23?/m0/s1. The lowest BCUT2D eigenvalue weighted by molar-refractivity contribution is -0.149. The summed E-state index contributed by atoms with van der Waals surface area (Å²) in [5, 5.41) is 9.20. The molecular formula is C23H23F2IO4. The lowest BCUT2D eigenvalue weighted by Gasteiger charge is -2.16. The van der Waals surface area contributed by atoms with Crippen LogP contribution in [-0.2, 0) is 16.0 Å². The van der Waals surface area contributed by atoms with Crippen LogP contribution in [0.15, 0.2) is 53.9 Å². The van der Waals surface area contributed by atoms with Crippen molar-refractivity contribution in [3.63, 3.8) is 0 Å². The number of ether oxygens (including phenoxy) is 2. The molecule has 0 spiro atoms. The molecule has 160 valence electrons. The van der Waals surface area contributed by atoms with Gasteiger partial charge in [-0.25, -0.2) is 13.6 Å². The van der Waals surface area contributed by atoms with E-state index in [1.807, 2.05) is 6.07 Å². The molecule has 0 aromatic heterocycles. The number of carboxylic acids is 1. The fourth-order valence-electron chi connectivity index (χ4n) is 2.69. The van der Waals surface area contributed by atoms with Gasteiger partial charge in [-0.15, -0.1) is 0 Å². The second-order valence-corrected chi connectivity index (χ2v) is 7.87. The van der Waals surface area contributed by atoms with Gasteiger partial charge >= 0.3 is 5.97 Å². The van der Waals surface area contributed by atoms with Crippen molar-refractivity contribution in [2.75, 3.05) is 13.2 Å². The minimum absolute atomic E-state index is 0.232. The predicted molar refractivity (Wildman–Crippen MR) is 120 cm³/mol. The fraction of sp³-hybridized carbons (Fsp3) is 0.348. The van der Waals surface area contributed by atoms with Crippen molar-refractivity contribution in [1.29, 1.82) is 0 Å². The Morgan fingerprint density at radius 1 is 1.47 bits per heavy atom. The molecule has 0 amide bonds. The molecule has 0 saturated heterocycles. The van der Waals surface area contributed by atoms with Gasteiger partial charge in [0.2, 0.25) is 0 Å². The first-order chi connectivity index (χ1) is 14.2. The summed E-state index contributed by atoms with van der Waals surface area (Å²) in [6.45, 7) is 4.04. The van der Waals surface area contributed by atoms with E-state index in [-0.39, 0.29) is 19.4 Å². The van der Waals surface area contributed by atoms with Crippen LogP contribution < -0.4 is 4.74 Å². The maximum absolute atomic E-state index is 14.4. The first-order valence-electron chi connectivity index (χ1n) is 9.41. The van der Waals surface area contributed by atoms with Crippen LogP contribution in [-0.4, -0.2) is 36.1 Å². The Balaban J connectivity index is 1.95. The van der Waals surface area contributed by atoms with Crippen molar-refractivity contribution in [3.8, 4) is 17.6 Å². The quantitative estimate of drug-likeness (QED) is 0.374. The van der Waals surface area contributed by atoms with Crippen LogP contribution in [0, 0.1) is 15.4 Å². The third kappa shape index (κ3) is 7.58. The van der Waals surface area contributed by atoms with Gasteiger partial charge < -0.3 is 14.6 Å². The highest BCUT2D eigenvalue weighted by Crippen LogP contribution is 2.27. The zero-order valence-electron chi connectivity index (χ0n) is 16.8. The predicted octanol–water partition coefficient (Wildman–Crippen LogP) is 5.17. The molecule has 1 unspecified atom stereocenters. The minimum atomic E-state index is -1.99. The minimum Gasteiger partial charge on any atom is -0.488 e. The smallest absolute Gasteiger partial charge is 0.333 e. The maximum Gasteiger partial charge on any atom is 0.333 e. The number of hydrogen-bond donors (Lipinski definition) is 1.